The van der Waals surface area contributed by atoms with Gasteiger partial charge in [0.1, 0.15) is 0 Å². The van der Waals surface area contributed by atoms with E-state index < -0.39 is 0 Å². The van der Waals surface area contributed by atoms with Crippen molar-refractivity contribution in [2.24, 2.45) is 0 Å². The summed E-state index contributed by atoms with van der Waals surface area (Å²) in [4.78, 5) is 12.1. The van der Waals surface area contributed by atoms with E-state index in [4.69, 9.17) is 0 Å². The third-order valence-electron chi connectivity index (χ3n) is 2.64. The summed E-state index contributed by atoms with van der Waals surface area (Å²) in [6.07, 6.45) is 1.84. The minimum absolute atomic E-state index is 0.121. The van der Waals surface area contributed by atoms with Crippen molar-refractivity contribution >= 4 is 34.3 Å². The smallest absolute Gasteiger partial charge is 0.257 e. The SMILES string of the molecule is CCn1ccc(NC(=O)c2cccc(C)c2I)n1. The maximum Gasteiger partial charge on any atom is 0.257 e. The number of benzene rings is 1. The van der Waals surface area contributed by atoms with Gasteiger partial charge in [0.2, 0.25) is 0 Å². The van der Waals surface area contributed by atoms with E-state index in [-0.39, 0.29) is 5.91 Å². The molecule has 0 fully saturated rings. The summed E-state index contributed by atoms with van der Waals surface area (Å²) in [5.41, 5.74) is 1.78. The lowest BCUT2D eigenvalue weighted by molar-refractivity contribution is 0.102. The highest BCUT2D eigenvalue weighted by Gasteiger charge is 2.12. The number of halogens is 1. The fraction of sp³-hybridized carbons (Fsp3) is 0.231. The van der Waals surface area contributed by atoms with Crippen LogP contribution in [0.1, 0.15) is 22.8 Å². The Hall–Kier alpha value is -1.37. The van der Waals surface area contributed by atoms with Gasteiger partial charge in [0, 0.05) is 22.4 Å². The highest BCUT2D eigenvalue weighted by molar-refractivity contribution is 14.1. The van der Waals surface area contributed by atoms with E-state index in [9.17, 15) is 4.79 Å². The maximum absolute atomic E-state index is 12.1. The Bertz CT molecular complexity index is 577. The van der Waals surface area contributed by atoms with Gasteiger partial charge >= 0.3 is 0 Å². The molecule has 1 amide bonds. The van der Waals surface area contributed by atoms with Crippen molar-refractivity contribution in [3.05, 3.63) is 45.2 Å². The van der Waals surface area contributed by atoms with E-state index in [0.29, 0.717) is 11.4 Å². The number of carbonyl (C=O) groups is 1. The number of rotatable bonds is 3. The molecule has 1 N–H and O–H groups in total. The zero-order valence-corrected chi connectivity index (χ0v) is 12.4. The normalized spacial score (nSPS) is 10.4. The molecule has 2 rings (SSSR count). The molecule has 0 aliphatic carbocycles. The minimum atomic E-state index is -0.121. The van der Waals surface area contributed by atoms with Crippen LogP contribution in [0.4, 0.5) is 5.82 Å². The van der Waals surface area contributed by atoms with E-state index in [2.05, 4.69) is 33.0 Å². The number of amides is 1. The van der Waals surface area contributed by atoms with Crippen LogP contribution in [0.15, 0.2) is 30.5 Å². The lowest BCUT2D eigenvalue weighted by Crippen LogP contribution is -2.14. The predicted molar refractivity (Wildman–Crippen MR) is 79.8 cm³/mol. The number of aromatic nitrogens is 2. The van der Waals surface area contributed by atoms with Gasteiger partial charge in [0.25, 0.3) is 5.91 Å². The molecule has 0 unspecified atom stereocenters. The lowest BCUT2D eigenvalue weighted by atomic mass is 10.1. The molecule has 0 aliphatic heterocycles. The van der Waals surface area contributed by atoms with Gasteiger partial charge in [-0.25, -0.2) is 0 Å². The maximum atomic E-state index is 12.1. The number of hydrogen-bond acceptors (Lipinski definition) is 2. The molecule has 0 spiro atoms. The van der Waals surface area contributed by atoms with Crippen molar-refractivity contribution in [1.82, 2.24) is 9.78 Å². The monoisotopic (exact) mass is 355 g/mol. The van der Waals surface area contributed by atoms with Gasteiger partial charge in [-0.1, -0.05) is 12.1 Å². The Morgan fingerprint density at radius 2 is 2.22 bits per heavy atom. The van der Waals surface area contributed by atoms with Crippen molar-refractivity contribution in [1.29, 1.82) is 0 Å². The summed E-state index contributed by atoms with van der Waals surface area (Å²) in [5, 5.41) is 7.03. The van der Waals surface area contributed by atoms with Crippen LogP contribution >= 0.6 is 22.6 Å². The molecule has 4 nitrogen and oxygen atoms in total. The number of nitrogens with zero attached hydrogens (tertiary/aromatic N) is 2. The molecule has 94 valence electrons. The van der Waals surface area contributed by atoms with Gasteiger partial charge in [0.15, 0.2) is 5.82 Å². The topological polar surface area (TPSA) is 46.9 Å². The van der Waals surface area contributed by atoms with Gasteiger partial charge in [-0.2, -0.15) is 5.10 Å². The van der Waals surface area contributed by atoms with E-state index in [1.807, 2.05) is 38.2 Å². The fourth-order valence-electron chi connectivity index (χ4n) is 1.61. The van der Waals surface area contributed by atoms with Crippen LogP contribution in [-0.4, -0.2) is 15.7 Å². The number of anilines is 1. The van der Waals surface area contributed by atoms with E-state index >= 15 is 0 Å². The van der Waals surface area contributed by atoms with E-state index in [1.165, 1.54) is 0 Å². The predicted octanol–water partition coefficient (Wildman–Crippen LogP) is 3.07. The van der Waals surface area contributed by atoms with Crippen LogP contribution < -0.4 is 5.32 Å². The first-order chi connectivity index (χ1) is 8.61. The second-order valence-electron chi connectivity index (χ2n) is 3.95. The van der Waals surface area contributed by atoms with Crippen molar-refractivity contribution in [3.63, 3.8) is 0 Å². The van der Waals surface area contributed by atoms with Crippen molar-refractivity contribution in [3.8, 4) is 0 Å². The van der Waals surface area contributed by atoms with Crippen LogP contribution in [0.2, 0.25) is 0 Å². The Kier molecular flexibility index (Phi) is 4.00. The minimum Gasteiger partial charge on any atom is -0.305 e. The number of hydrogen-bond donors (Lipinski definition) is 1. The van der Waals surface area contributed by atoms with Crippen molar-refractivity contribution in [2.75, 3.05) is 5.32 Å². The molecule has 0 saturated heterocycles. The average Bonchev–Trinajstić information content (AvgIpc) is 2.80. The molecule has 1 heterocycles. The molecule has 0 saturated carbocycles. The summed E-state index contributed by atoms with van der Waals surface area (Å²) < 4.78 is 2.75. The Morgan fingerprint density at radius 3 is 2.89 bits per heavy atom. The fourth-order valence-corrected chi connectivity index (χ4v) is 2.22. The summed E-state index contributed by atoms with van der Waals surface area (Å²) in [6.45, 7) is 4.78. The molecule has 5 heteroatoms. The van der Waals surface area contributed by atoms with Gasteiger partial charge < -0.3 is 5.32 Å². The standard InChI is InChI=1S/C13H14IN3O/c1-3-17-8-7-11(16-17)15-13(18)10-6-4-5-9(2)12(10)14/h4-8H,3H2,1-2H3,(H,15,16,18). The summed E-state index contributed by atoms with van der Waals surface area (Å²) in [5.74, 6) is 0.462. The number of aryl methyl sites for hydroxylation is 2. The molecule has 0 bridgehead atoms. The Morgan fingerprint density at radius 1 is 1.44 bits per heavy atom. The highest BCUT2D eigenvalue weighted by atomic mass is 127. The summed E-state index contributed by atoms with van der Waals surface area (Å²) in [6, 6.07) is 7.49. The first-order valence-corrected chi connectivity index (χ1v) is 6.79. The quantitative estimate of drug-likeness (QED) is 0.861. The van der Waals surface area contributed by atoms with Gasteiger partial charge in [-0.3, -0.25) is 9.48 Å². The first kappa shape index (κ1) is 13.1. The zero-order chi connectivity index (χ0) is 13.1. The molecule has 2 aromatic rings. The van der Waals surface area contributed by atoms with Crippen LogP contribution in [0.25, 0.3) is 0 Å². The largest absolute Gasteiger partial charge is 0.305 e. The molecule has 0 aliphatic rings. The van der Waals surface area contributed by atoms with Crippen LogP contribution in [-0.2, 0) is 6.54 Å². The molecular formula is C13H14IN3O. The average molecular weight is 355 g/mol. The van der Waals surface area contributed by atoms with Crippen LogP contribution in [0.5, 0.6) is 0 Å². The summed E-state index contributed by atoms with van der Waals surface area (Å²) >= 11 is 2.19. The summed E-state index contributed by atoms with van der Waals surface area (Å²) in [7, 11) is 0. The van der Waals surface area contributed by atoms with E-state index in [1.54, 1.807) is 10.7 Å². The molecule has 0 atom stereocenters. The Labute approximate surface area is 120 Å². The third kappa shape index (κ3) is 2.72. The molecular weight excluding hydrogens is 341 g/mol. The highest BCUT2D eigenvalue weighted by Crippen LogP contribution is 2.17. The van der Waals surface area contributed by atoms with Crippen molar-refractivity contribution < 1.29 is 4.79 Å². The third-order valence-corrected chi connectivity index (χ3v) is 4.07. The van der Waals surface area contributed by atoms with Crippen LogP contribution in [0, 0.1) is 10.5 Å². The molecule has 1 aromatic carbocycles. The van der Waals surface area contributed by atoms with Crippen LogP contribution in [0.3, 0.4) is 0 Å². The number of nitrogens with one attached hydrogen (secondary N) is 1. The van der Waals surface area contributed by atoms with Gasteiger partial charge in [0.05, 0.1) is 5.56 Å². The molecule has 0 radical (unpaired) electrons. The number of carbonyl (C=O) groups excluding carboxylic acids is 1. The molecule has 1 aromatic heterocycles. The van der Waals surface area contributed by atoms with Crippen molar-refractivity contribution in [2.45, 2.75) is 20.4 Å². The second-order valence-corrected chi connectivity index (χ2v) is 5.03. The van der Waals surface area contributed by atoms with Gasteiger partial charge in [-0.15, -0.1) is 0 Å². The Balaban J connectivity index is 2.19. The molecule has 18 heavy (non-hydrogen) atoms. The van der Waals surface area contributed by atoms with E-state index in [0.717, 1.165) is 15.7 Å². The van der Waals surface area contributed by atoms with Gasteiger partial charge in [-0.05, 0) is 48.1 Å². The first-order valence-electron chi connectivity index (χ1n) is 5.71. The second kappa shape index (κ2) is 5.51. The lowest BCUT2D eigenvalue weighted by Gasteiger charge is -2.06. The zero-order valence-electron chi connectivity index (χ0n) is 10.3.